The molecule has 1 saturated carbocycles. The highest BCUT2D eigenvalue weighted by Crippen LogP contribution is 2.38. The molecule has 2 N–H and O–H groups in total. The van der Waals surface area contributed by atoms with Crippen LogP contribution in [0.25, 0.3) is 0 Å². The van der Waals surface area contributed by atoms with Gasteiger partial charge in [0.2, 0.25) is 0 Å². The zero-order chi connectivity index (χ0) is 14.9. The van der Waals surface area contributed by atoms with E-state index in [2.05, 4.69) is 48.0 Å². The number of guanidine groups is 1. The normalized spacial score (nSPS) is 25.0. The Balaban J connectivity index is 1.77. The maximum absolute atomic E-state index is 6.11. The van der Waals surface area contributed by atoms with Crippen LogP contribution in [0.1, 0.15) is 38.7 Å². The molecule has 1 fully saturated rings. The van der Waals surface area contributed by atoms with Crippen LogP contribution in [0.4, 0.5) is 0 Å². The number of nitrogens with zero attached hydrogens (tertiary/aromatic N) is 2. The topological polar surface area (TPSA) is 50.9 Å². The largest absolute Gasteiger partial charge is 0.494 e. The van der Waals surface area contributed by atoms with E-state index >= 15 is 0 Å². The molecule has 3 rings (SSSR count). The first kappa shape index (κ1) is 14.2. The first-order chi connectivity index (χ1) is 10.1. The van der Waals surface area contributed by atoms with Gasteiger partial charge in [-0.25, -0.2) is 0 Å². The summed E-state index contributed by atoms with van der Waals surface area (Å²) in [5.74, 6) is 2.42. The van der Waals surface area contributed by atoms with Crippen molar-refractivity contribution in [3.63, 3.8) is 0 Å². The van der Waals surface area contributed by atoms with Gasteiger partial charge in [0, 0.05) is 6.54 Å². The molecule has 1 unspecified atom stereocenters. The van der Waals surface area contributed by atoms with Crippen LogP contribution >= 0.6 is 0 Å². The van der Waals surface area contributed by atoms with Crippen molar-refractivity contribution in [2.75, 3.05) is 19.7 Å². The Kier molecular flexibility index (Phi) is 3.79. The highest BCUT2D eigenvalue weighted by molar-refractivity contribution is 5.81. The van der Waals surface area contributed by atoms with E-state index in [-0.39, 0.29) is 5.54 Å². The van der Waals surface area contributed by atoms with Crippen LogP contribution in [0.15, 0.2) is 29.3 Å². The van der Waals surface area contributed by atoms with Crippen LogP contribution in [0.5, 0.6) is 5.75 Å². The zero-order valence-corrected chi connectivity index (χ0v) is 13.0. The molecule has 0 amide bonds. The first-order valence-electron chi connectivity index (χ1n) is 7.94. The molecular formula is C17H25N3O. The summed E-state index contributed by atoms with van der Waals surface area (Å²) in [6.07, 6.45) is 3.67. The number of hydrogen-bond donors (Lipinski definition) is 1. The van der Waals surface area contributed by atoms with Gasteiger partial charge in [-0.05, 0) is 49.8 Å². The van der Waals surface area contributed by atoms with Gasteiger partial charge in [-0.15, -0.1) is 0 Å². The van der Waals surface area contributed by atoms with E-state index in [9.17, 15) is 0 Å². The molecule has 114 valence electrons. The summed E-state index contributed by atoms with van der Waals surface area (Å²) < 4.78 is 5.66. The molecule has 0 radical (unpaired) electrons. The molecule has 1 aromatic rings. The van der Waals surface area contributed by atoms with Crippen LogP contribution in [-0.2, 0) is 5.54 Å². The summed E-state index contributed by atoms with van der Waals surface area (Å²) in [6.45, 7) is 6.88. The molecule has 4 nitrogen and oxygen atoms in total. The Morgan fingerprint density at radius 1 is 1.33 bits per heavy atom. The molecule has 1 atom stereocenters. The van der Waals surface area contributed by atoms with Crippen molar-refractivity contribution in [2.45, 2.75) is 38.6 Å². The van der Waals surface area contributed by atoms with Gasteiger partial charge in [0.1, 0.15) is 5.75 Å². The number of aliphatic imine (C=N–C) groups is 1. The molecule has 0 aromatic heterocycles. The molecule has 2 aliphatic rings. The monoisotopic (exact) mass is 287 g/mol. The lowest BCUT2D eigenvalue weighted by Gasteiger charge is -2.37. The second-order valence-corrected chi connectivity index (χ2v) is 6.38. The predicted molar refractivity (Wildman–Crippen MR) is 85.5 cm³/mol. The molecule has 21 heavy (non-hydrogen) atoms. The molecule has 1 aliphatic heterocycles. The Morgan fingerprint density at radius 3 is 2.67 bits per heavy atom. The van der Waals surface area contributed by atoms with Crippen LogP contribution < -0.4 is 10.5 Å². The fourth-order valence-corrected chi connectivity index (χ4v) is 2.89. The summed E-state index contributed by atoms with van der Waals surface area (Å²) in [7, 11) is 0. The van der Waals surface area contributed by atoms with Crippen molar-refractivity contribution in [3.8, 4) is 5.75 Å². The third-order valence-electron chi connectivity index (χ3n) is 4.51. The third-order valence-corrected chi connectivity index (χ3v) is 4.51. The summed E-state index contributed by atoms with van der Waals surface area (Å²) in [5, 5.41) is 0. The summed E-state index contributed by atoms with van der Waals surface area (Å²) in [4.78, 5) is 6.77. The average Bonchev–Trinajstić information content (AvgIpc) is 3.27. The van der Waals surface area contributed by atoms with Gasteiger partial charge in [0.25, 0.3) is 0 Å². The quantitative estimate of drug-likeness (QED) is 0.875. The Labute approximate surface area is 127 Å². The fraction of sp³-hybridized carbons (Fsp3) is 0.588. The minimum atomic E-state index is -0.115. The van der Waals surface area contributed by atoms with E-state index in [1.165, 1.54) is 18.4 Å². The van der Waals surface area contributed by atoms with Crippen LogP contribution in [0, 0.1) is 5.92 Å². The Morgan fingerprint density at radius 2 is 2.05 bits per heavy atom. The lowest BCUT2D eigenvalue weighted by atomic mass is 9.90. The van der Waals surface area contributed by atoms with Crippen molar-refractivity contribution in [1.82, 2.24) is 4.90 Å². The lowest BCUT2D eigenvalue weighted by Crippen LogP contribution is -2.48. The van der Waals surface area contributed by atoms with Gasteiger partial charge in [-0.3, -0.25) is 4.99 Å². The number of hydrogen-bond acceptors (Lipinski definition) is 4. The van der Waals surface area contributed by atoms with Gasteiger partial charge in [0.05, 0.1) is 18.7 Å². The van der Waals surface area contributed by atoms with E-state index in [1.54, 1.807) is 0 Å². The molecule has 1 aromatic carbocycles. The van der Waals surface area contributed by atoms with E-state index in [0.717, 1.165) is 37.8 Å². The number of rotatable bonds is 6. The van der Waals surface area contributed by atoms with Gasteiger partial charge in [-0.1, -0.05) is 19.1 Å². The maximum atomic E-state index is 6.11. The second-order valence-electron chi connectivity index (χ2n) is 6.38. The summed E-state index contributed by atoms with van der Waals surface area (Å²) in [5.41, 5.74) is 7.26. The van der Waals surface area contributed by atoms with Crippen molar-refractivity contribution in [3.05, 3.63) is 29.8 Å². The van der Waals surface area contributed by atoms with E-state index < -0.39 is 0 Å². The molecule has 0 bridgehead atoms. The minimum absolute atomic E-state index is 0.115. The Bertz CT molecular complexity index is 521. The predicted octanol–water partition coefficient (Wildman–Crippen LogP) is 2.73. The number of benzene rings is 1. The lowest BCUT2D eigenvalue weighted by molar-refractivity contribution is 0.217. The molecule has 1 heterocycles. The van der Waals surface area contributed by atoms with Crippen molar-refractivity contribution in [2.24, 2.45) is 16.6 Å². The smallest absolute Gasteiger partial charge is 0.192 e. The number of nitrogens with two attached hydrogens (primary N) is 1. The summed E-state index contributed by atoms with van der Waals surface area (Å²) in [6, 6.07) is 8.41. The molecular weight excluding hydrogens is 262 g/mol. The SMILES string of the molecule is CCCOc1ccc(C2(C)CN=C(N)N2CC2CC2)cc1. The van der Waals surface area contributed by atoms with Gasteiger partial charge in [0.15, 0.2) is 5.96 Å². The highest BCUT2D eigenvalue weighted by atomic mass is 16.5. The third kappa shape index (κ3) is 2.85. The van der Waals surface area contributed by atoms with E-state index in [1.807, 2.05) is 0 Å². The van der Waals surface area contributed by atoms with E-state index in [4.69, 9.17) is 10.5 Å². The van der Waals surface area contributed by atoms with Crippen molar-refractivity contribution < 1.29 is 4.74 Å². The Hall–Kier alpha value is -1.71. The number of ether oxygens (including phenoxy) is 1. The molecule has 4 heteroatoms. The van der Waals surface area contributed by atoms with Crippen LogP contribution in [0.2, 0.25) is 0 Å². The maximum Gasteiger partial charge on any atom is 0.192 e. The first-order valence-corrected chi connectivity index (χ1v) is 7.94. The highest BCUT2D eigenvalue weighted by Gasteiger charge is 2.41. The molecule has 1 aliphatic carbocycles. The molecule has 0 saturated heterocycles. The fourth-order valence-electron chi connectivity index (χ4n) is 2.89. The van der Waals surface area contributed by atoms with Crippen molar-refractivity contribution >= 4 is 5.96 Å². The summed E-state index contributed by atoms with van der Waals surface area (Å²) >= 11 is 0. The second kappa shape index (κ2) is 5.58. The average molecular weight is 287 g/mol. The van der Waals surface area contributed by atoms with Crippen LogP contribution in [-0.4, -0.2) is 30.6 Å². The van der Waals surface area contributed by atoms with Crippen LogP contribution in [0.3, 0.4) is 0 Å². The zero-order valence-electron chi connectivity index (χ0n) is 13.0. The minimum Gasteiger partial charge on any atom is -0.494 e. The van der Waals surface area contributed by atoms with Gasteiger partial charge >= 0.3 is 0 Å². The van der Waals surface area contributed by atoms with E-state index in [0.29, 0.717) is 5.96 Å². The molecule has 0 spiro atoms. The van der Waals surface area contributed by atoms with Gasteiger partial charge in [-0.2, -0.15) is 0 Å². The van der Waals surface area contributed by atoms with Crippen molar-refractivity contribution in [1.29, 1.82) is 0 Å². The standard InChI is InChI=1S/C17H25N3O/c1-3-10-21-15-8-6-14(7-9-15)17(2)12-19-16(18)20(17)11-13-4-5-13/h6-9,13H,3-5,10-12H2,1-2H3,(H2,18,19). The van der Waals surface area contributed by atoms with Gasteiger partial charge < -0.3 is 15.4 Å².